The van der Waals surface area contributed by atoms with E-state index >= 15 is 0 Å². The van der Waals surface area contributed by atoms with Crippen molar-refractivity contribution >= 4 is 0 Å². The van der Waals surface area contributed by atoms with Crippen molar-refractivity contribution in [1.29, 1.82) is 0 Å². The molecule has 0 aliphatic carbocycles. The van der Waals surface area contributed by atoms with Crippen LogP contribution in [0.3, 0.4) is 0 Å². The minimum atomic E-state index is 1.11. The van der Waals surface area contributed by atoms with Gasteiger partial charge >= 0.3 is 0 Å². The van der Waals surface area contributed by atoms with E-state index in [-0.39, 0.29) is 0 Å². The molecule has 0 saturated carbocycles. The average molecular weight is 604 g/mol. The number of hydrogen-bond acceptors (Lipinski definition) is 1. The molecule has 0 saturated heterocycles. The average Bonchev–Trinajstić information content (AvgIpc) is 3.04. The molecule has 250 valence electrons. The van der Waals surface area contributed by atoms with Crippen molar-refractivity contribution in [2.24, 2.45) is 0 Å². The molecule has 0 aliphatic rings. The number of hydrogen-bond donors (Lipinski definition) is 0. The normalized spacial score (nSPS) is 12.3. The van der Waals surface area contributed by atoms with Gasteiger partial charge < -0.3 is 0 Å². The van der Waals surface area contributed by atoms with Gasteiger partial charge in [-0.05, 0) is 95.7 Å². The zero-order valence-corrected chi connectivity index (χ0v) is 29.5. The van der Waals surface area contributed by atoms with Crippen LogP contribution in [-0.4, -0.2) is 18.0 Å². The second kappa shape index (κ2) is 34.0. The molecule has 0 unspecified atom stereocenters. The molecule has 44 heavy (non-hydrogen) atoms. The summed E-state index contributed by atoms with van der Waals surface area (Å²) in [5, 5.41) is 0. The van der Waals surface area contributed by atoms with E-state index in [1.807, 2.05) is 0 Å². The lowest BCUT2D eigenvalue weighted by molar-refractivity contribution is 0.252. The van der Waals surface area contributed by atoms with Gasteiger partial charge in [0, 0.05) is 6.54 Å². The van der Waals surface area contributed by atoms with Crippen molar-refractivity contribution < 1.29 is 0 Å². The standard InChI is InChI=1S/C43H73N/c1-3-5-7-9-11-13-15-17-19-21-23-25-27-29-31-36-40-44(42-43-38-34-33-35-39-43)41-37-32-30-28-26-24-22-20-18-16-14-12-10-8-6-4-2/h11-14,17-20,33-35,38-39H,3-10,15-16,21-32,36-37,40-42H2,1-2H3. The zero-order valence-electron chi connectivity index (χ0n) is 29.5. The largest absolute Gasteiger partial charge is 0.299 e. The predicted molar refractivity (Wildman–Crippen MR) is 200 cm³/mol. The van der Waals surface area contributed by atoms with Crippen molar-refractivity contribution in [3.05, 3.63) is 84.5 Å². The second-order valence-corrected chi connectivity index (χ2v) is 12.9. The fourth-order valence-corrected chi connectivity index (χ4v) is 5.76. The Bertz CT molecular complexity index is 753. The summed E-state index contributed by atoms with van der Waals surface area (Å²) in [6.45, 7) is 8.16. The van der Waals surface area contributed by atoms with E-state index < -0.39 is 0 Å². The van der Waals surface area contributed by atoms with Crippen LogP contribution in [0.25, 0.3) is 0 Å². The maximum atomic E-state index is 2.72. The van der Waals surface area contributed by atoms with Gasteiger partial charge in [-0.25, -0.2) is 0 Å². The SMILES string of the molecule is CCCCCC=CCC=CCCCCCCCCN(CCCCCCCCC=CCC=CCCCCC)Cc1ccccc1. The summed E-state index contributed by atoms with van der Waals surface area (Å²) in [4.78, 5) is 2.72. The second-order valence-electron chi connectivity index (χ2n) is 12.9. The van der Waals surface area contributed by atoms with Crippen LogP contribution in [0.4, 0.5) is 0 Å². The minimum absolute atomic E-state index is 1.11. The molecule has 1 nitrogen and oxygen atoms in total. The van der Waals surface area contributed by atoms with Gasteiger partial charge in [-0.2, -0.15) is 0 Å². The summed E-state index contributed by atoms with van der Waals surface area (Å²) in [5.74, 6) is 0. The molecule has 0 spiro atoms. The van der Waals surface area contributed by atoms with Crippen LogP contribution in [-0.2, 0) is 6.54 Å². The van der Waals surface area contributed by atoms with E-state index in [1.54, 1.807) is 0 Å². The van der Waals surface area contributed by atoms with E-state index in [0.29, 0.717) is 0 Å². The first-order valence-electron chi connectivity index (χ1n) is 19.2. The first-order chi connectivity index (χ1) is 21.9. The fraction of sp³-hybridized carbons (Fsp3) is 0.674. The van der Waals surface area contributed by atoms with Crippen molar-refractivity contribution in [2.45, 2.75) is 174 Å². The highest BCUT2D eigenvalue weighted by atomic mass is 15.1. The van der Waals surface area contributed by atoms with Gasteiger partial charge in [0.2, 0.25) is 0 Å². The van der Waals surface area contributed by atoms with Crippen molar-refractivity contribution in [2.75, 3.05) is 13.1 Å². The third-order valence-corrected chi connectivity index (χ3v) is 8.60. The first kappa shape index (κ1) is 40.2. The Morgan fingerprint density at radius 1 is 0.409 bits per heavy atom. The topological polar surface area (TPSA) is 3.24 Å². The predicted octanol–water partition coefficient (Wildman–Crippen LogP) is 14.1. The van der Waals surface area contributed by atoms with Crippen LogP contribution < -0.4 is 0 Å². The number of rotatable bonds is 32. The molecule has 0 atom stereocenters. The van der Waals surface area contributed by atoms with Crippen molar-refractivity contribution in [1.82, 2.24) is 4.90 Å². The molecule has 0 bridgehead atoms. The molecule has 1 aromatic rings. The summed E-state index contributed by atoms with van der Waals surface area (Å²) < 4.78 is 0. The van der Waals surface area contributed by atoms with E-state index in [2.05, 4.69) is 97.7 Å². The summed E-state index contributed by atoms with van der Waals surface area (Å²) in [6.07, 6.45) is 50.7. The van der Waals surface area contributed by atoms with Gasteiger partial charge in [0.05, 0.1) is 0 Å². The Morgan fingerprint density at radius 2 is 0.773 bits per heavy atom. The van der Waals surface area contributed by atoms with E-state index in [1.165, 1.54) is 160 Å². The monoisotopic (exact) mass is 604 g/mol. The van der Waals surface area contributed by atoms with E-state index in [9.17, 15) is 0 Å². The Balaban J connectivity index is 2.07. The molecular formula is C43H73N. The van der Waals surface area contributed by atoms with Gasteiger partial charge in [0.15, 0.2) is 0 Å². The zero-order chi connectivity index (χ0) is 31.4. The van der Waals surface area contributed by atoms with Crippen molar-refractivity contribution in [3.8, 4) is 0 Å². The Labute approximate surface area is 276 Å². The molecule has 0 aliphatic heterocycles. The van der Waals surface area contributed by atoms with Crippen molar-refractivity contribution in [3.63, 3.8) is 0 Å². The molecule has 1 aromatic carbocycles. The summed E-state index contributed by atoms with van der Waals surface area (Å²) in [5.41, 5.74) is 1.47. The maximum Gasteiger partial charge on any atom is 0.0233 e. The van der Waals surface area contributed by atoms with Gasteiger partial charge in [0.25, 0.3) is 0 Å². The quantitative estimate of drug-likeness (QED) is 0.0585. The van der Waals surface area contributed by atoms with Crippen LogP contribution in [0, 0.1) is 0 Å². The fourth-order valence-electron chi connectivity index (χ4n) is 5.76. The number of nitrogens with zero attached hydrogens (tertiary/aromatic N) is 1. The van der Waals surface area contributed by atoms with Crippen LogP contribution in [0.1, 0.15) is 174 Å². The van der Waals surface area contributed by atoms with E-state index in [4.69, 9.17) is 0 Å². The minimum Gasteiger partial charge on any atom is -0.299 e. The van der Waals surface area contributed by atoms with Gasteiger partial charge in [-0.3, -0.25) is 4.90 Å². The molecule has 1 rings (SSSR count). The van der Waals surface area contributed by atoms with Gasteiger partial charge in [0.1, 0.15) is 0 Å². The van der Waals surface area contributed by atoms with Crippen LogP contribution in [0.5, 0.6) is 0 Å². The molecule has 0 heterocycles. The Morgan fingerprint density at radius 3 is 1.18 bits per heavy atom. The molecule has 0 radical (unpaired) electrons. The first-order valence-corrected chi connectivity index (χ1v) is 19.2. The molecule has 0 aromatic heterocycles. The number of allylic oxidation sites excluding steroid dienone is 8. The molecule has 0 N–H and O–H groups in total. The lowest BCUT2D eigenvalue weighted by Crippen LogP contribution is -2.25. The third kappa shape index (κ3) is 28.9. The third-order valence-electron chi connectivity index (χ3n) is 8.60. The summed E-state index contributed by atoms with van der Waals surface area (Å²) >= 11 is 0. The lowest BCUT2D eigenvalue weighted by Gasteiger charge is -2.22. The van der Waals surface area contributed by atoms with Gasteiger partial charge in [-0.15, -0.1) is 0 Å². The van der Waals surface area contributed by atoms with Crippen LogP contribution in [0.2, 0.25) is 0 Å². The number of benzene rings is 1. The molecule has 0 amide bonds. The molecule has 1 heteroatoms. The summed E-state index contributed by atoms with van der Waals surface area (Å²) in [6, 6.07) is 11.1. The maximum absolute atomic E-state index is 2.72. The highest BCUT2D eigenvalue weighted by Crippen LogP contribution is 2.13. The molecular weight excluding hydrogens is 530 g/mol. The summed E-state index contributed by atoms with van der Waals surface area (Å²) in [7, 11) is 0. The van der Waals surface area contributed by atoms with Crippen LogP contribution >= 0.6 is 0 Å². The highest BCUT2D eigenvalue weighted by Gasteiger charge is 2.06. The van der Waals surface area contributed by atoms with Gasteiger partial charge in [-0.1, -0.05) is 170 Å². The Hall–Kier alpha value is -1.86. The lowest BCUT2D eigenvalue weighted by atomic mass is 10.1. The van der Waals surface area contributed by atoms with Crippen LogP contribution in [0.15, 0.2) is 78.9 Å². The smallest absolute Gasteiger partial charge is 0.0233 e. The highest BCUT2D eigenvalue weighted by molar-refractivity contribution is 5.14. The van der Waals surface area contributed by atoms with E-state index in [0.717, 1.165) is 19.4 Å². The molecule has 0 fully saturated rings. The number of unbranched alkanes of at least 4 members (excludes halogenated alkanes) is 18. The Kier molecular flexibility index (Phi) is 31.1.